The van der Waals surface area contributed by atoms with E-state index in [0.29, 0.717) is 11.3 Å². The number of rotatable bonds is 4. The second-order valence-corrected chi connectivity index (χ2v) is 8.17. The van der Waals surface area contributed by atoms with Crippen molar-refractivity contribution in [2.75, 3.05) is 16.3 Å². The number of nitrogens with one attached hydrogen (secondary N) is 2. The molecule has 0 saturated heterocycles. The maximum Gasteiger partial charge on any atom is 0.229 e. The molecular formula is C21H16N4O2S. The van der Waals surface area contributed by atoms with Crippen molar-refractivity contribution in [2.45, 2.75) is 0 Å². The predicted molar refractivity (Wildman–Crippen MR) is 112 cm³/mol. The Morgan fingerprint density at radius 1 is 0.893 bits per heavy atom. The van der Waals surface area contributed by atoms with Crippen LogP contribution in [-0.2, 0) is 10.0 Å². The molecule has 7 heteroatoms. The molecule has 0 spiro atoms. The van der Waals surface area contributed by atoms with Gasteiger partial charge in [-0.3, -0.25) is 4.72 Å². The van der Waals surface area contributed by atoms with Crippen molar-refractivity contribution in [2.24, 2.45) is 0 Å². The number of fused-ring (bicyclic) bond motifs is 2. The molecule has 0 aliphatic carbocycles. The van der Waals surface area contributed by atoms with Crippen LogP contribution in [0.2, 0.25) is 0 Å². The van der Waals surface area contributed by atoms with Crippen molar-refractivity contribution in [1.82, 2.24) is 4.98 Å². The van der Waals surface area contributed by atoms with Crippen molar-refractivity contribution in [1.29, 1.82) is 5.26 Å². The zero-order valence-electron chi connectivity index (χ0n) is 15.0. The zero-order valence-corrected chi connectivity index (χ0v) is 15.8. The van der Waals surface area contributed by atoms with E-state index in [1.54, 1.807) is 36.4 Å². The molecule has 138 valence electrons. The number of hydrogen-bond acceptors (Lipinski definition) is 5. The van der Waals surface area contributed by atoms with Crippen LogP contribution in [-0.4, -0.2) is 19.7 Å². The molecular weight excluding hydrogens is 372 g/mol. The van der Waals surface area contributed by atoms with Crippen LogP contribution in [0.5, 0.6) is 0 Å². The summed E-state index contributed by atoms with van der Waals surface area (Å²) >= 11 is 0. The summed E-state index contributed by atoms with van der Waals surface area (Å²) in [6.45, 7) is 0. The normalized spacial score (nSPS) is 11.3. The van der Waals surface area contributed by atoms with Gasteiger partial charge in [-0.15, -0.1) is 0 Å². The van der Waals surface area contributed by atoms with Gasteiger partial charge < -0.3 is 5.32 Å². The standard InChI is InChI=1S/C21H16N4O2S/c1-28(26,27)25-16-9-7-15(8-10-16)23-21-17-4-2-3-5-19(17)24-20-12-14(13-22)6-11-18(20)21/h2-12,25H,1H3,(H,23,24). The second kappa shape index (κ2) is 6.83. The van der Waals surface area contributed by atoms with Crippen molar-refractivity contribution in [3.63, 3.8) is 0 Å². The van der Waals surface area contributed by atoms with Crippen LogP contribution in [0.15, 0.2) is 66.7 Å². The number of nitriles is 1. The first kappa shape index (κ1) is 17.8. The molecule has 0 unspecified atom stereocenters. The van der Waals surface area contributed by atoms with Gasteiger partial charge in [-0.05, 0) is 48.5 Å². The van der Waals surface area contributed by atoms with Crippen molar-refractivity contribution in [3.05, 3.63) is 72.3 Å². The SMILES string of the molecule is CS(=O)(=O)Nc1ccc(Nc2c3ccccc3nc3cc(C#N)ccc23)cc1. The Labute approximate surface area is 162 Å². The minimum Gasteiger partial charge on any atom is -0.354 e. The lowest BCUT2D eigenvalue weighted by molar-refractivity contribution is 0.607. The molecule has 6 nitrogen and oxygen atoms in total. The van der Waals surface area contributed by atoms with E-state index in [1.165, 1.54) is 0 Å². The van der Waals surface area contributed by atoms with Crippen LogP contribution >= 0.6 is 0 Å². The fraction of sp³-hybridized carbons (Fsp3) is 0.0476. The highest BCUT2D eigenvalue weighted by Crippen LogP contribution is 2.33. The summed E-state index contributed by atoms with van der Waals surface area (Å²) in [6.07, 6.45) is 1.11. The van der Waals surface area contributed by atoms with Gasteiger partial charge in [-0.1, -0.05) is 18.2 Å². The topological polar surface area (TPSA) is 94.9 Å². The summed E-state index contributed by atoms with van der Waals surface area (Å²) in [7, 11) is -3.32. The highest BCUT2D eigenvalue weighted by Gasteiger charge is 2.10. The summed E-state index contributed by atoms with van der Waals surface area (Å²) in [5, 5.41) is 14.5. The molecule has 0 aliphatic heterocycles. The molecule has 0 fully saturated rings. The Kier molecular flexibility index (Phi) is 4.34. The molecule has 4 rings (SSSR count). The van der Waals surface area contributed by atoms with E-state index in [2.05, 4.69) is 21.1 Å². The van der Waals surface area contributed by atoms with Gasteiger partial charge in [0.25, 0.3) is 0 Å². The average Bonchev–Trinajstić information content (AvgIpc) is 2.67. The van der Waals surface area contributed by atoms with Crippen LogP contribution in [0.3, 0.4) is 0 Å². The van der Waals surface area contributed by atoms with Crippen LogP contribution < -0.4 is 10.0 Å². The summed E-state index contributed by atoms with van der Waals surface area (Å²) in [5.74, 6) is 0. The van der Waals surface area contributed by atoms with Gasteiger partial charge in [0.15, 0.2) is 0 Å². The van der Waals surface area contributed by atoms with E-state index < -0.39 is 10.0 Å². The van der Waals surface area contributed by atoms with Gasteiger partial charge in [0.05, 0.1) is 34.6 Å². The molecule has 1 aromatic heterocycles. The fourth-order valence-electron chi connectivity index (χ4n) is 3.08. The summed E-state index contributed by atoms with van der Waals surface area (Å²) in [6, 6.07) is 22.4. The van der Waals surface area contributed by atoms with Crippen LogP contribution in [0.4, 0.5) is 17.1 Å². The maximum absolute atomic E-state index is 11.4. The second-order valence-electron chi connectivity index (χ2n) is 6.42. The summed E-state index contributed by atoms with van der Waals surface area (Å²) in [4.78, 5) is 4.68. The van der Waals surface area contributed by atoms with Crippen molar-refractivity contribution < 1.29 is 8.42 Å². The lowest BCUT2D eigenvalue weighted by Crippen LogP contribution is -2.09. The van der Waals surface area contributed by atoms with E-state index >= 15 is 0 Å². The molecule has 1 heterocycles. The Morgan fingerprint density at radius 3 is 2.29 bits per heavy atom. The summed E-state index contributed by atoms with van der Waals surface area (Å²) in [5.41, 5.74) is 4.29. The van der Waals surface area contributed by atoms with Crippen LogP contribution in [0.25, 0.3) is 21.8 Å². The third-order valence-electron chi connectivity index (χ3n) is 4.27. The number of pyridine rings is 1. The predicted octanol–water partition coefficient (Wildman–Crippen LogP) is 4.37. The minimum atomic E-state index is -3.32. The lowest BCUT2D eigenvalue weighted by Gasteiger charge is -2.14. The number of nitrogens with zero attached hydrogens (tertiary/aromatic N) is 2. The zero-order chi connectivity index (χ0) is 19.7. The van der Waals surface area contributed by atoms with E-state index in [0.717, 1.165) is 39.4 Å². The monoisotopic (exact) mass is 388 g/mol. The molecule has 3 aromatic carbocycles. The first-order chi connectivity index (χ1) is 13.4. The Balaban J connectivity index is 1.81. The number of benzene rings is 3. The van der Waals surface area contributed by atoms with Gasteiger partial charge in [-0.2, -0.15) is 5.26 Å². The number of anilines is 3. The van der Waals surface area contributed by atoms with Crippen LogP contribution in [0.1, 0.15) is 5.56 Å². The molecule has 0 amide bonds. The molecule has 4 aromatic rings. The van der Waals surface area contributed by atoms with Crippen molar-refractivity contribution in [3.8, 4) is 6.07 Å². The van der Waals surface area contributed by atoms with Gasteiger partial charge in [0.2, 0.25) is 10.0 Å². The fourth-order valence-corrected chi connectivity index (χ4v) is 3.64. The third-order valence-corrected chi connectivity index (χ3v) is 4.87. The molecule has 28 heavy (non-hydrogen) atoms. The number of para-hydroxylation sites is 1. The van der Waals surface area contributed by atoms with Gasteiger partial charge in [-0.25, -0.2) is 13.4 Å². The molecule has 0 aliphatic rings. The maximum atomic E-state index is 11.4. The van der Waals surface area contributed by atoms with E-state index in [1.807, 2.05) is 30.3 Å². The average molecular weight is 388 g/mol. The molecule has 0 atom stereocenters. The Hall–Kier alpha value is -3.63. The van der Waals surface area contributed by atoms with Gasteiger partial charge >= 0.3 is 0 Å². The first-order valence-corrected chi connectivity index (χ1v) is 10.4. The van der Waals surface area contributed by atoms with Gasteiger partial charge in [0, 0.05) is 22.1 Å². The van der Waals surface area contributed by atoms with Crippen LogP contribution in [0, 0.1) is 11.3 Å². The Bertz CT molecular complexity index is 1340. The van der Waals surface area contributed by atoms with Gasteiger partial charge in [0.1, 0.15) is 0 Å². The highest BCUT2D eigenvalue weighted by atomic mass is 32.2. The number of sulfonamides is 1. The smallest absolute Gasteiger partial charge is 0.229 e. The molecule has 2 N–H and O–H groups in total. The van der Waals surface area contributed by atoms with E-state index in [9.17, 15) is 13.7 Å². The third kappa shape index (κ3) is 3.59. The molecule has 0 radical (unpaired) electrons. The minimum absolute atomic E-state index is 0.496. The molecule has 0 bridgehead atoms. The first-order valence-electron chi connectivity index (χ1n) is 8.50. The van der Waals surface area contributed by atoms with E-state index in [4.69, 9.17) is 0 Å². The molecule has 0 saturated carbocycles. The number of aromatic nitrogens is 1. The van der Waals surface area contributed by atoms with E-state index in [-0.39, 0.29) is 0 Å². The largest absolute Gasteiger partial charge is 0.354 e. The quantitative estimate of drug-likeness (QED) is 0.506. The summed E-state index contributed by atoms with van der Waals surface area (Å²) < 4.78 is 25.2. The lowest BCUT2D eigenvalue weighted by atomic mass is 10.1. The Morgan fingerprint density at radius 2 is 1.57 bits per heavy atom. The van der Waals surface area contributed by atoms with Crippen molar-refractivity contribution >= 4 is 48.9 Å². The highest BCUT2D eigenvalue weighted by molar-refractivity contribution is 7.92. The number of hydrogen-bond donors (Lipinski definition) is 2.